The Morgan fingerprint density at radius 3 is 2.50 bits per heavy atom. The highest BCUT2D eigenvalue weighted by Gasteiger charge is 2.16. The van der Waals surface area contributed by atoms with Gasteiger partial charge < -0.3 is 15.0 Å². The van der Waals surface area contributed by atoms with Crippen LogP contribution >= 0.6 is 12.2 Å². The molecule has 1 N–H and O–H groups in total. The predicted octanol–water partition coefficient (Wildman–Crippen LogP) is 5.24. The van der Waals surface area contributed by atoms with Crippen molar-refractivity contribution in [1.82, 2.24) is 4.90 Å². The minimum Gasteiger partial charge on any atom is -0.432 e. The fourth-order valence-corrected chi connectivity index (χ4v) is 3.69. The standard InChI is InChI=1S/C23H22N2O2S/c26-22(24-20-12-11-17-7-2-3-8-18(17)15-20)19-9-6-10-21(16-19)27-23(28)25-13-4-1-5-14-25/h2-3,6-12,15-16H,1,4-5,13-14H2,(H,24,26). The van der Waals surface area contributed by atoms with Crippen LogP contribution in [0.3, 0.4) is 0 Å². The Morgan fingerprint density at radius 1 is 0.893 bits per heavy atom. The van der Waals surface area contributed by atoms with Crippen molar-refractivity contribution in [3.63, 3.8) is 0 Å². The van der Waals surface area contributed by atoms with Crippen molar-refractivity contribution in [2.24, 2.45) is 0 Å². The lowest BCUT2D eigenvalue weighted by atomic mass is 10.1. The highest BCUT2D eigenvalue weighted by atomic mass is 32.1. The van der Waals surface area contributed by atoms with Gasteiger partial charge in [0.1, 0.15) is 5.75 Å². The maximum absolute atomic E-state index is 12.7. The number of piperidine rings is 1. The maximum Gasteiger partial charge on any atom is 0.264 e. The van der Waals surface area contributed by atoms with Gasteiger partial charge in [-0.2, -0.15) is 0 Å². The lowest BCUT2D eigenvalue weighted by Gasteiger charge is -2.28. The van der Waals surface area contributed by atoms with E-state index in [-0.39, 0.29) is 5.91 Å². The van der Waals surface area contributed by atoms with E-state index in [9.17, 15) is 4.79 Å². The van der Waals surface area contributed by atoms with Crippen molar-refractivity contribution in [2.75, 3.05) is 18.4 Å². The fourth-order valence-electron chi connectivity index (χ4n) is 3.41. The van der Waals surface area contributed by atoms with E-state index in [1.807, 2.05) is 54.6 Å². The van der Waals surface area contributed by atoms with Crippen LogP contribution in [0.5, 0.6) is 5.75 Å². The number of nitrogens with one attached hydrogen (secondary N) is 1. The molecule has 1 aliphatic rings. The summed E-state index contributed by atoms with van der Waals surface area (Å²) in [7, 11) is 0. The molecule has 0 bridgehead atoms. The summed E-state index contributed by atoms with van der Waals surface area (Å²) < 4.78 is 5.83. The summed E-state index contributed by atoms with van der Waals surface area (Å²) in [5, 5.41) is 5.66. The van der Waals surface area contributed by atoms with Gasteiger partial charge >= 0.3 is 0 Å². The number of likely N-dealkylation sites (tertiary alicyclic amines) is 1. The molecule has 0 unspecified atom stereocenters. The third-order valence-corrected chi connectivity index (χ3v) is 5.26. The number of ether oxygens (including phenoxy) is 1. The average molecular weight is 391 g/mol. The van der Waals surface area contributed by atoms with Gasteiger partial charge in [-0.25, -0.2) is 0 Å². The smallest absolute Gasteiger partial charge is 0.264 e. The third-order valence-electron chi connectivity index (χ3n) is 4.92. The molecule has 1 saturated heterocycles. The molecule has 3 aromatic rings. The van der Waals surface area contributed by atoms with Crippen LogP contribution in [-0.4, -0.2) is 29.1 Å². The number of nitrogens with zero attached hydrogens (tertiary/aromatic N) is 1. The number of rotatable bonds is 3. The van der Waals surface area contributed by atoms with E-state index in [2.05, 4.69) is 10.2 Å². The SMILES string of the molecule is O=C(Nc1ccc2ccccc2c1)c1cccc(OC(=S)N2CCCCC2)c1. The molecule has 4 rings (SSSR count). The van der Waals surface area contributed by atoms with Gasteiger partial charge in [-0.15, -0.1) is 0 Å². The Kier molecular flexibility index (Phi) is 5.53. The second-order valence-corrected chi connectivity index (χ2v) is 7.31. The topological polar surface area (TPSA) is 41.6 Å². The van der Waals surface area contributed by atoms with E-state index in [1.165, 1.54) is 6.42 Å². The fraction of sp³-hybridized carbons (Fsp3) is 0.217. The van der Waals surface area contributed by atoms with Gasteiger partial charge in [0.15, 0.2) is 0 Å². The second-order valence-electron chi connectivity index (χ2n) is 6.96. The molecule has 1 aliphatic heterocycles. The van der Waals surface area contributed by atoms with Gasteiger partial charge in [0.05, 0.1) is 0 Å². The minimum absolute atomic E-state index is 0.176. The van der Waals surface area contributed by atoms with E-state index in [1.54, 1.807) is 12.1 Å². The van der Waals surface area contributed by atoms with Gasteiger partial charge in [-0.3, -0.25) is 4.79 Å². The molecule has 5 heteroatoms. The van der Waals surface area contributed by atoms with Crippen LogP contribution in [0, 0.1) is 0 Å². The summed E-state index contributed by atoms with van der Waals surface area (Å²) in [6, 6.07) is 21.1. The summed E-state index contributed by atoms with van der Waals surface area (Å²) in [6.45, 7) is 1.86. The van der Waals surface area contributed by atoms with Gasteiger partial charge in [0.25, 0.3) is 11.1 Å². The molecule has 1 fully saturated rings. The van der Waals surface area contributed by atoms with Crippen LogP contribution in [0.4, 0.5) is 5.69 Å². The third kappa shape index (κ3) is 4.31. The molecule has 142 valence electrons. The van der Waals surface area contributed by atoms with Crippen molar-refractivity contribution in [3.8, 4) is 5.75 Å². The first-order valence-electron chi connectivity index (χ1n) is 9.56. The molecule has 0 atom stereocenters. The molecule has 0 saturated carbocycles. The van der Waals surface area contributed by atoms with Crippen LogP contribution in [0.1, 0.15) is 29.6 Å². The number of thiocarbonyl (C=S) groups is 1. The quantitative estimate of drug-likeness (QED) is 0.621. The maximum atomic E-state index is 12.7. The monoisotopic (exact) mass is 390 g/mol. The van der Waals surface area contributed by atoms with Crippen LogP contribution in [-0.2, 0) is 0 Å². The highest BCUT2D eigenvalue weighted by molar-refractivity contribution is 7.80. The lowest BCUT2D eigenvalue weighted by molar-refractivity contribution is 0.102. The van der Waals surface area contributed by atoms with Crippen LogP contribution in [0.25, 0.3) is 10.8 Å². The van der Waals surface area contributed by atoms with Crippen molar-refractivity contribution in [2.45, 2.75) is 19.3 Å². The van der Waals surface area contributed by atoms with Crippen molar-refractivity contribution in [1.29, 1.82) is 0 Å². The van der Waals surface area contributed by atoms with Gasteiger partial charge in [0.2, 0.25) is 0 Å². The molecule has 0 aliphatic carbocycles. The van der Waals surface area contributed by atoms with E-state index in [0.717, 1.165) is 42.4 Å². The number of fused-ring (bicyclic) bond motifs is 1. The number of amides is 1. The highest BCUT2D eigenvalue weighted by Crippen LogP contribution is 2.21. The van der Waals surface area contributed by atoms with Crippen LogP contribution < -0.4 is 10.1 Å². The van der Waals surface area contributed by atoms with Crippen LogP contribution in [0.2, 0.25) is 0 Å². The van der Waals surface area contributed by atoms with Crippen molar-refractivity contribution < 1.29 is 9.53 Å². The lowest BCUT2D eigenvalue weighted by Crippen LogP contribution is -2.37. The van der Waals surface area contributed by atoms with E-state index >= 15 is 0 Å². The number of carbonyl (C=O) groups excluding carboxylic acids is 1. The van der Waals surface area contributed by atoms with E-state index in [0.29, 0.717) is 16.5 Å². The largest absolute Gasteiger partial charge is 0.432 e. The Morgan fingerprint density at radius 2 is 1.68 bits per heavy atom. The zero-order valence-electron chi connectivity index (χ0n) is 15.6. The summed E-state index contributed by atoms with van der Waals surface area (Å²) >= 11 is 5.42. The number of hydrogen-bond acceptors (Lipinski definition) is 3. The number of hydrogen-bond donors (Lipinski definition) is 1. The van der Waals surface area contributed by atoms with Crippen LogP contribution in [0.15, 0.2) is 66.7 Å². The minimum atomic E-state index is -0.176. The number of anilines is 1. The summed E-state index contributed by atoms with van der Waals surface area (Å²) in [6.07, 6.45) is 3.51. The Hall–Kier alpha value is -2.92. The average Bonchev–Trinajstić information content (AvgIpc) is 2.74. The molecule has 0 spiro atoms. The first-order chi connectivity index (χ1) is 13.7. The first-order valence-corrected chi connectivity index (χ1v) is 9.97. The summed E-state index contributed by atoms with van der Waals surface area (Å²) in [4.78, 5) is 14.8. The first kappa shape index (κ1) is 18.4. The second kappa shape index (κ2) is 8.40. The van der Waals surface area contributed by atoms with Crippen molar-refractivity contribution in [3.05, 3.63) is 72.3 Å². The predicted molar refractivity (Wildman–Crippen MR) is 117 cm³/mol. The molecular weight excluding hydrogens is 368 g/mol. The number of benzene rings is 3. The normalized spacial score (nSPS) is 13.9. The van der Waals surface area contributed by atoms with Gasteiger partial charge in [-0.1, -0.05) is 36.4 Å². The molecule has 1 heterocycles. The van der Waals surface area contributed by atoms with E-state index < -0.39 is 0 Å². The summed E-state index contributed by atoms with van der Waals surface area (Å²) in [5.74, 6) is 0.409. The Balaban J connectivity index is 1.45. The van der Waals surface area contributed by atoms with Crippen molar-refractivity contribution >= 4 is 39.8 Å². The van der Waals surface area contributed by atoms with Gasteiger partial charge in [0, 0.05) is 24.3 Å². The zero-order chi connectivity index (χ0) is 19.3. The molecule has 28 heavy (non-hydrogen) atoms. The molecule has 1 amide bonds. The van der Waals surface area contributed by atoms with Gasteiger partial charge in [-0.05, 0) is 72.6 Å². The molecule has 0 aromatic heterocycles. The molecule has 0 radical (unpaired) electrons. The number of carbonyl (C=O) groups is 1. The molecule has 3 aromatic carbocycles. The summed E-state index contributed by atoms with van der Waals surface area (Å²) in [5.41, 5.74) is 1.30. The zero-order valence-corrected chi connectivity index (χ0v) is 16.4. The Labute approximate surface area is 170 Å². The Bertz CT molecular complexity index is 1010. The molecular formula is C23H22N2O2S. The molecule has 4 nitrogen and oxygen atoms in total. The van der Waals surface area contributed by atoms with E-state index in [4.69, 9.17) is 17.0 Å².